The third kappa shape index (κ3) is 1.07. The van der Waals surface area contributed by atoms with E-state index >= 15 is 0 Å². The molecule has 12 heavy (non-hydrogen) atoms. The summed E-state index contributed by atoms with van der Waals surface area (Å²) < 4.78 is 8.68. The lowest BCUT2D eigenvalue weighted by molar-refractivity contribution is 0.307. The van der Waals surface area contributed by atoms with Crippen LogP contribution in [-0.4, -0.2) is 8.75 Å². The molecule has 3 atom stereocenters. The van der Waals surface area contributed by atoms with Crippen molar-refractivity contribution in [1.29, 1.82) is 0 Å². The Morgan fingerprint density at radius 3 is 2.75 bits per heavy atom. The Labute approximate surface area is 77.3 Å². The van der Waals surface area contributed by atoms with E-state index in [1.165, 1.54) is 23.1 Å². The molecule has 1 aromatic rings. The highest BCUT2D eigenvalue weighted by Crippen LogP contribution is 2.37. The molecule has 0 spiro atoms. The molecule has 3 heteroatoms. The van der Waals surface area contributed by atoms with Crippen LogP contribution in [0.5, 0.6) is 0 Å². The first-order valence-corrected chi connectivity index (χ1v) is 5.24. The Morgan fingerprint density at radius 1 is 1.25 bits per heavy atom. The van der Waals surface area contributed by atoms with E-state index in [9.17, 15) is 0 Å². The van der Waals surface area contributed by atoms with Crippen molar-refractivity contribution in [2.75, 3.05) is 0 Å². The van der Waals surface area contributed by atoms with Gasteiger partial charge in [-0.2, -0.15) is 8.75 Å². The van der Waals surface area contributed by atoms with Crippen LogP contribution in [0.3, 0.4) is 0 Å². The quantitative estimate of drug-likeness (QED) is 0.616. The van der Waals surface area contributed by atoms with Crippen LogP contribution in [0.4, 0.5) is 0 Å². The Balaban J connectivity index is 2.39. The van der Waals surface area contributed by atoms with Crippen LogP contribution >= 0.6 is 11.7 Å². The zero-order chi connectivity index (χ0) is 8.72. The molecule has 0 bridgehead atoms. The van der Waals surface area contributed by atoms with Crippen molar-refractivity contribution in [2.45, 2.75) is 33.1 Å². The van der Waals surface area contributed by atoms with E-state index in [-0.39, 0.29) is 0 Å². The van der Waals surface area contributed by atoms with Crippen LogP contribution < -0.4 is 0 Å². The maximum absolute atomic E-state index is 4.35. The third-order valence-electron chi connectivity index (χ3n) is 3.22. The number of aromatic nitrogens is 2. The standard InChI is InChI=1S/C9H14N2S/c1-5-4-8-9(11-12-10-8)7(3)6(5)2/h5-7H,4H2,1-3H3. The second-order valence-corrected chi connectivity index (χ2v) is 4.45. The number of nitrogens with zero attached hydrogens (tertiary/aromatic N) is 2. The summed E-state index contributed by atoms with van der Waals surface area (Å²) in [5, 5.41) is 0. The topological polar surface area (TPSA) is 25.8 Å². The smallest absolute Gasteiger partial charge is 0.0806 e. The molecule has 0 radical (unpaired) electrons. The van der Waals surface area contributed by atoms with E-state index in [4.69, 9.17) is 0 Å². The highest BCUT2D eigenvalue weighted by atomic mass is 32.1. The molecular weight excluding hydrogens is 168 g/mol. The number of hydrogen-bond donors (Lipinski definition) is 0. The molecule has 1 aliphatic carbocycles. The maximum Gasteiger partial charge on any atom is 0.0806 e. The molecule has 0 fully saturated rings. The minimum Gasteiger partial charge on any atom is -0.178 e. The normalized spacial score (nSPS) is 34.8. The SMILES string of the molecule is CC1Cc2nsnc2C(C)C1C. The van der Waals surface area contributed by atoms with Gasteiger partial charge in [0.25, 0.3) is 0 Å². The molecular formula is C9H14N2S. The zero-order valence-corrected chi connectivity index (χ0v) is 8.56. The summed E-state index contributed by atoms with van der Waals surface area (Å²) in [5.74, 6) is 2.11. The zero-order valence-electron chi connectivity index (χ0n) is 7.74. The highest BCUT2D eigenvalue weighted by Gasteiger charge is 2.31. The first-order valence-electron chi connectivity index (χ1n) is 4.51. The summed E-state index contributed by atoms with van der Waals surface area (Å²) >= 11 is 1.36. The number of fused-ring (bicyclic) bond motifs is 1. The van der Waals surface area contributed by atoms with Crippen molar-refractivity contribution in [1.82, 2.24) is 8.75 Å². The van der Waals surface area contributed by atoms with E-state index in [0.29, 0.717) is 5.92 Å². The lowest BCUT2D eigenvalue weighted by Gasteiger charge is -2.29. The van der Waals surface area contributed by atoms with Crippen molar-refractivity contribution in [3.05, 3.63) is 11.4 Å². The third-order valence-corrected chi connectivity index (χ3v) is 3.80. The predicted molar refractivity (Wildman–Crippen MR) is 50.4 cm³/mol. The Kier molecular flexibility index (Phi) is 1.91. The molecule has 1 heterocycles. The summed E-state index contributed by atoms with van der Waals surface area (Å²) in [6.45, 7) is 6.89. The van der Waals surface area contributed by atoms with Crippen molar-refractivity contribution in [3.8, 4) is 0 Å². The summed E-state index contributed by atoms with van der Waals surface area (Å²) in [6.07, 6.45) is 1.12. The Bertz CT molecular complexity index is 282. The fourth-order valence-electron chi connectivity index (χ4n) is 1.93. The van der Waals surface area contributed by atoms with E-state index in [1.54, 1.807) is 0 Å². The molecule has 1 aliphatic rings. The van der Waals surface area contributed by atoms with Crippen LogP contribution in [0, 0.1) is 11.8 Å². The summed E-state index contributed by atoms with van der Waals surface area (Å²) in [6, 6.07) is 0. The predicted octanol–water partition coefficient (Wildman–Crippen LogP) is 2.47. The van der Waals surface area contributed by atoms with Gasteiger partial charge in [-0.15, -0.1) is 0 Å². The lowest BCUT2D eigenvalue weighted by atomic mass is 9.75. The van der Waals surface area contributed by atoms with E-state index < -0.39 is 0 Å². The highest BCUT2D eigenvalue weighted by molar-refractivity contribution is 6.99. The summed E-state index contributed by atoms with van der Waals surface area (Å²) in [5.41, 5.74) is 2.50. The maximum atomic E-state index is 4.35. The molecule has 3 unspecified atom stereocenters. The van der Waals surface area contributed by atoms with Gasteiger partial charge in [0.05, 0.1) is 23.1 Å². The fourth-order valence-corrected chi connectivity index (χ4v) is 2.60. The molecule has 0 aromatic carbocycles. The molecule has 66 valence electrons. The summed E-state index contributed by atoms with van der Waals surface area (Å²) in [7, 11) is 0. The van der Waals surface area contributed by atoms with Crippen LogP contribution in [0.1, 0.15) is 38.1 Å². The van der Waals surface area contributed by atoms with Crippen LogP contribution in [0.2, 0.25) is 0 Å². The monoisotopic (exact) mass is 182 g/mol. The second-order valence-electron chi connectivity index (χ2n) is 3.93. The van der Waals surface area contributed by atoms with E-state index in [1.807, 2.05) is 0 Å². The van der Waals surface area contributed by atoms with Gasteiger partial charge in [-0.1, -0.05) is 20.8 Å². The van der Waals surface area contributed by atoms with Crippen molar-refractivity contribution < 1.29 is 0 Å². The van der Waals surface area contributed by atoms with E-state index in [0.717, 1.165) is 18.3 Å². The molecule has 0 aliphatic heterocycles. The summed E-state index contributed by atoms with van der Waals surface area (Å²) in [4.78, 5) is 0. The van der Waals surface area contributed by atoms with Gasteiger partial charge in [0.15, 0.2) is 0 Å². The first kappa shape index (κ1) is 8.17. The van der Waals surface area contributed by atoms with E-state index in [2.05, 4.69) is 29.5 Å². The van der Waals surface area contributed by atoms with Gasteiger partial charge in [-0.3, -0.25) is 0 Å². The molecule has 2 nitrogen and oxygen atoms in total. The van der Waals surface area contributed by atoms with Gasteiger partial charge in [0.2, 0.25) is 0 Å². The number of rotatable bonds is 0. The van der Waals surface area contributed by atoms with Gasteiger partial charge < -0.3 is 0 Å². The molecule has 1 aromatic heterocycles. The second kappa shape index (κ2) is 2.80. The average molecular weight is 182 g/mol. The number of hydrogen-bond acceptors (Lipinski definition) is 3. The molecule has 0 saturated carbocycles. The van der Waals surface area contributed by atoms with Gasteiger partial charge >= 0.3 is 0 Å². The van der Waals surface area contributed by atoms with Crippen LogP contribution in [0.15, 0.2) is 0 Å². The lowest BCUT2D eigenvalue weighted by Crippen LogP contribution is -2.24. The Hall–Kier alpha value is -0.440. The minimum absolute atomic E-state index is 0.600. The molecule has 0 saturated heterocycles. The molecule has 2 rings (SSSR count). The van der Waals surface area contributed by atoms with Gasteiger partial charge in [0.1, 0.15) is 0 Å². The van der Waals surface area contributed by atoms with Crippen LogP contribution in [-0.2, 0) is 6.42 Å². The first-order chi connectivity index (χ1) is 5.70. The van der Waals surface area contributed by atoms with Crippen LogP contribution in [0.25, 0.3) is 0 Å². The van der Waals surface area contributed by atoms with Gasteiger partial charge in [-0.25, -0.2) is 0 Å². The molecule has 0 amide bonds. The van der Waals surface area contributed by atoms with Gasteiger partial charge in [0, 0.05) is 5.92 Å². The van der Waals surface area contributed by atoms with Crippen molar-refractivity contribution in [3.63, 3.8) is 0 Å². The Morgan fingerprint density at radius 2 is 2.00 bits per heavy atom. The largest absolute Gasteiger partial charge is 0.178 e. The fraction of sp³-hybridized carbons (Fsp3) is 0.778. The van der Waals surface area contributed by atoms with Gasteiger partial charge in [-0.05, 0) is 18.3 Å². The molecule has 0 N–H and O–H groups in total. The van der Waals surface area contributed by atoms with Crippen molar-refractivity contribution in [2.24, 2.45) is 11.8 Å². The minimum atomic E-state index is 0.600. The van der Waals surface area contributed by atoms with Crippen molar-refractivity contribution >= 4 is 11.7 Å². The average Bonchev–Trinajstić information content (AvgIpc) is 2.48.